The van der Waals surface area contributed by atoms with Gasteiger partial charge in [0.2, 0.25) is 12.3 Å². The molecule has 68 valence electrons. The number of carbonyl (C=O) groups excluding carboxylic acids is 1. The molecule has 0 fully saturated rings. The Balaban J connectivity index is 2.80. The van der Waals surface area contributed by atoms with Gasteiger partial charge in [-0.2, -0.15) is 0 Å². The fourth-order valence-electron chi connectivity index (χ4n) is 1.06. The molecule has 0 saturated heterocycles. The van der Waals surface area contributed by atoms with Gasteiger partial charge >= 0.3 is 0 Å². The van der Waals surface area contributed by atoms with Crippen LogP contribution in [-0.2, 0) is 4.79 Å². The van der Waals surface area contributed by atoms with Crippen LogP contribution in [0.5, 0.6) is 0 Å². The molecule has 0 aromatic carbocycles. The van der Waals surface area contributed by atoms with Crippen LogP contribution in [0.3, 0.4) is 0 Å². The number of amides is 1. The minimum atomic E-state index is -0.914. The van der Waals surface area contributed by atoms with E-state index in [1.165, 1.54) is 6.08 Å². The molecule has 4 nitrogen and oxygen atoms in total. The van der Waals surface area contributed by atoms with Crippen LogP contribution >= 0.6 is 0 Å². The van der Waals surface area contributed by atoms with Crippen molar-refractivity contribution in [2.24, 2.45) is 0 Å². The van der Waals surface area contributed by atoms with E-state index in [1.807, 2.05) is 20.8 Å². The molecule has 1 unspecified atom stereocenters. The van der Waals surface area contributed by atoms with E-state index in [0.29, 0.717) is 0 Å². The second-order valence-electron chi connectivity index (χ2n) is 3.78. The summed E-state index contributed by atoms with van der Waals surface area (Å²) in [6.45, 7) is 5.87. The second-order valence-corrected chi connectivity index (χ2v) is 3.78. The van der Waals surface area contributed by atoms with Gasteiger partial charge in [-0.3, -0.25) is 4.79 Å². The van der Waals surface area contributed by atoms with Gasteiger partial charge in [0.15, 0.2) is 0 Å². The predicted octanol–water partition coefficient (Wildman–Crippen LogP) is 0.00630. The van der Waals surface area contributed by atoms with Crippen LogP contribution in [-0.4, -0.2) is 27.8 Å². The van der Waals surface area contributed by atoms with Crippen molar-refractivity contribution in [2.45, 2.75) is 32.7 Å². The van der Waals surface area contributed by atoms with Gasteiger partial charge in [-0.25, -0.2) is 0 Å². The normalized spacial score (nSPS) is 24.2. The Morgan fingerprint density at radius 1 is 1.58 bits per heavy atom. The van der Waals surface area contributed by atoms with E-state index < -0.39 is 6.35 Å². The lowest BCUT2D eigenvalue weighted by Crippen LogP contribution is -2.55. The number of nitrogens with one attached hydrogen (secondary N) is 1. The first-order valence-electron chi connectivity index (χ1n) is 3.86. The van der Waals surface area contributed by atoms with E-state index in [9.17, 15) is 9.90 Å². The van der Waals surface area contributed by atoms with Crippen LogP contribution in [0.1, 0.15) is 20.8 Å². The maximum atomic E-state index is 10.8. The number of aliphatic hydroxyl groups is 1. The monoisotopic (exact) mass is 170 g/mol. The highest BCUT2D eigenvalue weighted by Crippen LogP contribution is 2.17. The first-order valence-corrected chi connectivity index (χ1v) is 3.86. The first kappa shape index (κ1) is 9.06. The molecule has 0 radical (unpaired) electrons. The van der Waals surface area contributed by atoms with E-state index in [4.69, 9.17) is 0 Å². The lowest BCUT2D eigenvalue weighted by atomic mass is 10.1. The minimum Gasteiger partial charge on any atom is -0.356 e. The second kappa shape index (κ2) is 2.79. The smallest absolute Gasteiger partial charge is 0.248 e. The van der Waals surface area contributed by atoms with Crippen LogP contribution in [0.4, 0.5) is 0 Å². The molecule has 1 aliphatic rings. The van der Waals surface area contributed by atoms with Crippen LogP contribution in [0.15, 0.2) is 12.3 Å². The summed E-state index contributed by atoms with van der Waals surface area (Å²) in [5, 5.41) is 11.8. The van der Waals surface area contributed by atoms with Gasteiger partial charge in [0.25, 0.3) is 0 Å². The summed E-state index contributed by atoms with van der Waals surface area (Å²) in [4.78, 5) is 12.4. The van der Waals surface area contributed by atoms with Crippen LogP contribution in [0, 0.1) is 0 Å². The van der Waals surface area contributed by atoms with E-state index in [2.05, 4.69) is 5.32 Å². The Labute approximate surface area is 71.9 Å². The molecule has 12 heavy (non-hydrogen) atoms. The van der Waals surface area contributed by atoms with Gasteiger partial charge in [0.05, 0.1) is 0 Å². The summed E-state index contributed by atoms with van der Waals surface area (Å²) in [7, 11) is 0. The Bertz CT molecular complexity index is 218. The van der Waals surface area contributed by atoms with Gasteiger partial charge in [-0.15, -0.1) is 0 Å². The number of hydrogen-bond donors (Lipinski definition) is 2. The summed E-state index contributed by atoms with van der Waals surface area (Å²) in [6, 6.07) is 0. The average Bonchev–Trinajstić information content (AvgIpc) is 1.83. The SMILES string of the molecule is CC(C)(C)N1C=CC(=O)NC1O. The highest BCUT2D eigenvalue weighted by Gasteiger charge is 2.27. The van der Waals surface area contributed by atoms with Crippen LogP contribution in [0.25, 0.3) is 0 Å². The van der Waals surface area contributed by atoms with Gasteiger partial charge in [-0.1, -0.05) is 0 Å². The number of carbonyl (C=O) groups is 1. The third-order valence-electron chi connectivity index (χ3n) is 1.70. The standard InChI is InChI=1S/C8H14N2O2/c1-8(2,3)10-5-4-6(11)9-7(10)12/h4-5,7,12H,1-3H3,(H,9,11). The first-order chi connectivity index (χ1) is 5.41. The number of rotatable bonds is 0. The van der Waals surface area contributed by atoms with Crippen molar-refractivity contribution in [1.82, 2.24) is 10.2 Å². The van der Waals surface area contributed by atoms with Crippen molar-refractivity contribution in [2.75, 3.05) is 0 Å². The van der Waals surface area contributed by atoms with Crippen LogP contribution < -0.4 is 5.32 Å². The van der Waals surface area contributed by atoms with E-state index in [0.717, 1.165) is 0 Å². The zero-order valence-corrected chi connectivity index (χ0v) is 7.53. The number of nitrogens with zero attached hydrogens (tertiary/aromatic N) is 1. The highest BCUT2D eigenvalue weighted by atomic mass is 16.3. The molecule has 1 rings (SSSR count). The third-order valence-corrected chi connectivity index (χ3v) is 1.70. The van der Waals surface area contributed by atoms with Gasteiger partial charge < -0.3 is 15.3 Å². The molecule has 0 aliphatic carbocycles. The van der Waals surface area contributed by atoms with E-state index in [1.54, 1.807) is 11.1 Å². The molecule has 0 bridgehead atoms. The Hall–Kier alpha value is -1.03. The van der Waals surface area contributed by atoms with E-state index >= 15 is 0 Å². The maximum Gasteiger partial charge on any atom is 0.248 e. The zero-order valence-electron chi connectivity index (χ0n) is 7.53. The molecule has 0 saturated carbocycles. The molecular formula is C8H14N2O2. The molecule has 4 heteroatoms. The number of aliphatic hydroxyl groups excluding tert-OH is 1. The lowest BCUT2D eigenvalue weighted by Gasteiger charge is -2.40. The van der Waals surface area contributed by atoms with Crippen LogP contribution in [0.2, 0.25) is 0 Å². The average molecular weight is 170 g/mol. The van der Waals surface area contributed by atoms with Crippen molar-refractivity contribution < 1.29 is 9.90 Å². The summed E-state index contributed by atoms with van der Waals surface area (Å²) in [5.41, 5.74) is -0.191. The Morgan fingerprint density at radius 2 is 2.17 bits per heavy atom. The molecule has 1 aliphatic heterocycles. The zero-order chi connectivity index (χ0) is 9.35. The van der Waals surface area contributed by atoms with Gasteiger partial charge in [0.1, 0.15) is 0 Å². The fraction of sp³-hybridized carbons (Fsp3) is 0.625. The van der Waals surface area contributed by atoms with Gasteiger partial charge in [0, 0.05) is 17.8 Å². The molecule has 0 aromatic rings. The molecule has 0 aromatic heterocycles. The quantitative estimate of drug-likeness (QED) is 0.538. The summed E-state index contributed by atoms with van der Waals surface area (Å²) < 4.78 is 0. The molecule has 1 amide bonds. The summed E-state index contributed by atoms with van der Waals surface area (Å²) in [6.07, 6.45) is 2.09. The van der Waals surface area contributed by atoms with Crippen molar-refractivity contribution in [1.29, 1.82) is 0 Å². The molecule has 1 heterocycles. The summed E-state index contributed by atoms with van der Waals surface area (Å²) >= 11 is 0. The lowest BCUT2D eigenvalue weighted by molar-refractivity contribution is -0.127. The van der Waals surface area contributed by atoms with Gasteiger partial charge in [-0.05, 0) is 20.8 Å². The predicted molar refractivity (Wildman–Crippen MR) is 44.9 cm³/mol. The Kier molecular flexibility index (Phi) is 2.10. The van der Waals surface area contributed by atoms with E-state index in [-0.39, 0.29) is 11.4 Å². The summed E-state index contributed by atoms with van der Waals surface area (Å²) in [5.74, 6) is -0.261. The Morgan fingerprint density at radius 3 is 2.58 bits per heavy atom. The molecular weight excluding hydrogens is 156 g/mol. The van der Waals surface area contributed by atoms with Crippen molar-refractivity contribution >= 4 is 5.91 Å². The largest absolute Gasteiger partial charge is 0.356 e. The fourth-order valence-corrected chi connectivity index (χ4v) is 1.06. The highest BCUT2D eigenvalue weighted by molar-refractivity contribution is 5.88. The molecule has 1 atom stereocenters. The van der Waals surface area contributed by atoms with Crippen molar-refractivity contribution in [3.63, 3.8) is 0 Å². The minimum absolute atomic E-state index is 0.191. The topological polar surface area (TPSA) is 52.6 Å². The van der Waals surface area contributed by atoms with Crippen molar-refractivity contribution in [3.05, 3.63) is 12.3 Å². The molecule has 0 spiro atoms. The number of hydrogen-bond acceptors (Lipinski definition) is 3. The third kappa shape index (κ3) is 1.76. The van der Waals surface area contributed by atoms with Crippen molar-refractivity contribution in [3.8, 4) is 0 Å². The maximum absolute atomic E-state index is 10.8. The molecule has 2 N–H and O–H groups in total.